The summed E-state index contributed by atoms with van der Waals surface area (Å²) in [6, 6.07) is 13.6. The van der Waals surface area contributed by atoms with Gasteiger partial charge in [0, 0.05) is 17.7 Å². The summed E-state index contributed by atoms with van der Waals surface area (Å²) in [6.07, 6.45) is 0. The fraction of sp³-hybridized carbons (Fsp3) is 0.296. The van der Waals surface area contributed by atoms with Crippen molar-refractivity contribution in [3.63, 3.8) is 0 Å². The molecule has 1 aliphatic rings. The fourth-order valence-corrected chi connectivity index (χ4v) is 6.59. The molecule has 2 amide bonds. The number of nitrogens with zero attached hydrogens (tertiary/aromatic N) is 2. The van der Waals surface area contributed by atoms with Gasteiger partial charge >= 0.3 is 0 Å². The summed E-state index contributed by atoms with van der Waals surface area (Å²) >= 11 is 3.23. The Bertz CT molecular complexity index is 1440. The monoisotopic (exact) mass is 505 g/mol. The number of aromatic nitrogens is 1. The third-order valence-electron chi connectivity index (χ3n) is 6.39. The molecule has 6 nitrogen and oxygen atoms in total. The summed E-state index contributed by atoms with van der Waals surface area (Å²) in [5.74, 6) is 1.92. The number of carbonyl (C=O) groups excluding carboxylic acids is 2. The van der Waals surface area contributed by atoms with E-state index in [9.17, 15) is 9.59 Å². The van der Waals surface area contributed by atoms with Crippen LogP contribution in [-0.4, -0.2) is 45.9 Å². The Balaban J connectivity index is 1.35. The molecule has 0 spiro atoms. The van der Waals surface area contributed by atoms with Crippen LogP contribution in [-0.2, 0) is 0 Å². The Hall–Kier alpha value is -3.10. The molecular weight excluding hydrogens is 478 g/mol. The molecule has 1 fully saturated rings. The van der Waals surface area contributed by atoms with Crippen LogP contribution in [0, 0.1) is 27.7 Å². The number of thiazole rings is 1. The van der Waals surface area contributed by atoms with Crippen molar-refractivity contribution in [2.45, 2.75) is 33.7 Å². The molecule has 3 heterocycles. The summed E-state index contributed by atoms with van der Waals surface area (Å²) in [7, 11) is 0. The summed E-state index contributed by atoms with van der Waals surface area (Å²) in [5, 5.41) is 4.77. The molecule has 8 heteroatoms. The van der Waals surface area contributed by atoms with Gasteiger partial charge in [-0.25, -0.2) is 4.98 Å². The van der Waals surface area contributed by atoms with Gasteiger partial charge in [-0.2, -0.15) is 0 Å². The van der Waals surface area contributed by atoms with E-state index in [1.807, 2.05) is 69.0 Å². The number of furan rings is 1. The van der Waals surface area contributed by atoms with Crippen LogP contribution in [0.4, 0.5) is 0 Å². The number of hydrogen-bond donors (Lipinski definition) is 1. The Morgan fingerprint density at radius 2 is 1.94 bits per heavy atom. The number of rotatable bonds is 5. The standard InChI is InChI=1S/C27H27N3O3S2/c1-15-7-5-8-19(11-15)25-24(29-18(4)35-25)27(32)30-14-34-13-20(30)12-28-26(31)21-9-6-10-22-23(21)16(2)17(3)33-22/h5-11,20H,12-14H2,1-4H3,(H,28,31)/t20-/m1/s1. The van der Waals surface area contributed by atoms with E-state index in [1.165, 1.54) is 0 Å². The van der Waals surface area contributed by atoms with E-state index in [0.717, 1.165) is 43.5 Å². The first-order valence-electron chi connectivity index (χ1n) is 11.5. The summed E-state index contributed by atoms with van der Waals surface area (Å²) in [4.78, 5) is 34.1. The number of nitrogens with one attached hydrogen (secondary N) is 1. The van der Waals surface area contributed by atoms with Crippen molar-refractivity contribution in [1.29, 1.82) is 0 Å². The van der Waals surface area contributed by atoms with E-state index in [4.69, 9.17) is 4.42 Å². The van der Waals surface area contributed by atoms with E-state index in [-0.39, 0.29) is 17.9 Å². The van der Waals surface area contributed by atoms with Gasteiger partial charge in [0.1, 0.15) is 17.0 Å². The molecule has 2 aromatic heterocycles. The summed E-state index contributed by atoms with van der Waals surface area (Å²) in [5.41, 5.74) is 4.92. The summed E-state index contributed by atoms with van der Waals surface area (Å²) < 4.78 is 5.78. The van der Waals surface area contributed by atoms with Gasteiger partial charge in [-0.15, -0.1) is 23.1 Å². The van der Waals surface area contributed by atoms with Crippen molar-refractivity contribution >= 4 is 45.9 Å². The number of aryl methyl sites for hydroxylation is 4. The van der Waals surface area contributed by atoms with Crippen molar-refractivity contribution in [1.82, 2.24) is 15.2 Å². The van der Waals surface area contributed by atoms with E-state index in [2.05, 4.69) is 16.4 Å². The molecule has 1 aliphatic heterocycles. The van der Waals surface area contributed by atoms with Crippen molar-refractivity contribution in [2.75, 3.05) is 18.2 Å². The molecule has 2 aromatic carbocycles. The van der Waals surface area contributed by atoms with Crippen molar-refractivity contribution < 1.29 is 14.0 Å². The van der Waals surface area contributed by atoms with Crippen LogP contribution in [0.3, 0.4) is 0 Å². The number of carbonyl (C=O) groups is 2. The van der Waals surface area contributed by atoms with E-state index in [1.54, 1.807) is 23.1 Å². The lowest BCUT2D eigenvalue weighted by Gasteiger charge is -2.24. The van der Waals surface area contributed by atoms with Gasteiger partial charge in [0.15, 0.2) is 0 Å². The quantitative estimate of drug-likeness (QED) is 0.375. The minimum Gasteiger partial charge on any atom is -0.461 e. The van der Waals surface area contributed by atoms with Gasteiger partial charge in [0.2, 0.25) is 0 Å². The number of hydrogen-bond acceptors (Lipinski definition) is 6. The average Bonchev–Trinajstić information content (AvgIpc) is 3.54. The summed E-state index contributed by atoms with van der Waals surface area (Å²) in [6.45, 7) is 8.22. The van der Waals surface area contributed by atoms with Crippen LogP contribution in [0.15, 0.2) is 46.9 Å². The first-order chi connectivity index (χ1) is 16.8. The molecule has 180 valence electrons. The third-order valence-corrected chi connectivity index (χ3v) is 8.50. The van der Waals surface area contributed by atoms with E-state index >= 15 is 0 Å². The largest absolute Gasteiger partial charge is 0.461 e. The predicted octanol–water partition coefficient (Wildman–Crippen LogP) is 5.74. The first kappa shape index (κ1) is 23.6. The zero-order valence-electron chi connectivity index (χ0n) is 20.2. The van der Waals surface area contributed by atoms with Gasteiger partial charge in [-0.05, 0) is 51.0 Å². The van der Waals surface area contributed by atoms with Crippen molar-refractivity contribution in [2.24, 2.45) is 0 Å². The zero-order chi connectivity index (χ0) is 24.7. The minimum atomic E-state index is -0.159. The average molecular weight is 506 g/mol. The second-order valence-corrected chi connectivity index (χ2v) is 11.1. The van der Waals surface area contributed by atoms with Gasteiger partial charge in [0.25, 0.3) is 11.8 Å². The zero-order valence-corrected chi connectivity index (χ0v) is 21.8. The maximum atomic E-state index is 13.6. The minimum absolute atomic E-state index is 0.0847. The van der Waals surface area contributed by atoms with E-state index < -0.39 is 0 Å². The highest BCUT2D eigenvalue weighted by atomic mass is 32.2. The third kappa shape index (κ3) is 4.48. The van der Waals surface area contributed by atoms with Crippen LogP contribution in [0.2, 0.25) is 0 Å². The molecule has 0 radical (unpaired) electrons. The molecular formula is C27H27N3O3S2. The van der Waals surface area contributed by atoms with Crippen LogP contribution in [0.25, 0.3) is 21.4 Å². The number of fused-ring (bicyclic) bond motifs is 1. The first-order valence-corrected chi connectivity index (χ1v) is 13.5. The highest BCUT2D eigenvalue weighted by molar-refractivity contribution is 7.99. The number of amides is 2. The van der Waals surface area contributed by atoms with E-state index in [0.29, 0.717) is 29.3 Å². The molecule has 0 bridgehead atoms. The SMILES string of the molecule is Cc1cccc(-c2sc(C)nc2C(=O)N2CSC[C@H]2CNC(=O)c2cccc3oc(C)c(C)c23)c1. The Labute approximate surface area is 212 Å². The normalized spacial score (nSPS) is 15.7. The van der Waals surface area contributed by atoms with Crippen molar-refractivity contribution in [3.8, 4) is 10.4 Å². The fourth-order valence-electron chi connectivity index (χ4n) is 4.48. The lowest BCUT2D eigenvalue weighted by Crippen LogP contribution is -2.44. The lowest BCUT2D eigenvalue weighted by atomic mass is 10.1. The molecule has 1 saturated heterocycles. The number of thioether (sulfide) groups is 1. The molecule has 1 atom stereocenters. The van der Waals surface area contributed by atoms with Crippen LogP contribution in [0.5, 0.6) is 0 Å². The van der Waals surface area contributed by atoms with Gasteiger partial charge in [-0.1, -0.05) is 35.9 Å². The van der Waals surface area contributed by atoms with Crippen LogP contribution >= 0.6 is 23.1 Å². The topological polar surface area (TPSA) is 75.4 Å². The molecule has 35 heavy (non-hydrogen) atoms. The van der Waals surface area contributed by atoms with Crippen LogP contribution < -0.4 is 5.32 Å². The number of benzene rings is 2. The second kappa shape index (κ2) is 9.51. The molecule has 4 aromatic rings. The maximum Gasteiger partial charge on any atom is 0.275 e. The van der Waals surface area contributed by atoms with Crippen molar-refractivity contribution in [3.05, 3.63) is 75.6 Å². The Morgan fingerprint density at radius 1 is 1.14 bits per heavy atom. The lowest BCUT2D eigenvalue weighted by molar-refractivity contribution is 0.0732. The highest BCUT2D eigenvalue weighted by Crippen LogP contribution is 2.33. The van der Waals surface area contributed by atoms with Crippen LogP contribution in [0.1, 0.15) is 42.7 Å². The highest BCUT2D eigenvalue weighted by Gasteiger charge is 2.33. The Kier molecular flexibility index (Phi) is 6.42. The molecule has 5 rings (SSSR count). The molecule has 1 N–H and O–H groups in total. The predicted molar refractivity (Wildman–Crippen MR) is 142 cm³/mol. The molecule has 0 saturated carbocycles. The Morgan fingerprint density at radius 3 is 2.74 bits per heavy atom. The molecule has 0 unspecified atom stereocenters. The maximum absolute atomic E-state index is 13.6. The second-order valence-electron chi connectivity index (χ2n) is 8.88. The van der Waals surface area contributed by atoms with Gasteiger partial charge < -0.3 is 14.6 Å². The molecule has 0 aliphatic carbocycles. The van der Waals surface area contributed by atoms with Gasteiger partial charge in [0.05, 0.1) is 27.4 Å². The smallest absolute Gasteiger partial charge is 0.275 e. The van der Waals surface area contributed by atoms with Gasteiger partial charge in [-0.3, -0.25) is 9.59 Å².